The van der Waals surface area contributed by atoms with Crippen molar-refractivity contribution in [1.82, 2.24) is 0 Å². The molecule has 2 aromatic carbocycles. The van der Waals surface area contributed by atoms with Crippen molar-refractivity contribution in [2.45, 2.75) is 23.8 Å². The van der Waals surface area contributed by atoms with E-state index in [2.05, 4.69) is 5.32 Å². The number of hydrogen-bond donors (Lipinski definition) is 2. The van der Waals surface area contributed by atoms with Crippen LogP contribution in [0.3, 0.4) is 0 Å². The number of nitrogens with one attached hydrogen (secondary N) is 1. The van der Waals surface area contributed by atoms with Crippen LogP contribution in [0.25, 0.3) is 0 Å². The second-order valence-electron chi connectivity index (χ2n) is 6.03. The third kappa shape index (κ3) is 4.77. The summed E-state index contributed by atoms with van der Waals surface area (Å²) >= 11 is 0. The van der Waals surface area contributed by atoms with Gasteiger partial charge in [-0.05, 0) is 31.0 Å². The Morgan fingerprint density at radius 1 is 1.20 bits per heavy atom. The molecule has 0 amide bonds. The van der Waals surface area contributed by atoms with Gasteiger partial charge in [0, 0.05) is 24.6 Å². The van der Waals surface area contributed by atoms with Crippen LogP contribution in [0.2, 0.25) is 0 Å². The average Bonchev–Trinajstić information content (AvgIpc) is 2.54. The Morgan fingerprint density at radius 2 is 1.84 bits per heavy atom. The van der Waals surface area contributed by atoms with Crippen LogP contribution in [0.1, 0.15) is 18.9 Å². The van der Waals surface area contributed by atoms with Gasteiger partial charge in [-0.2, -0.15) is 0 Å². The van der Waals surface area contributed by atoms with Crippen LogP contribution in [0.15, 0.2) is 53.4 Å². The van der Waals surface area contributed by atoms with Gasteiger partial charge in [-0.15, -0.1) is 0 Å². The lowest BCUT2D eigenvalue weighted by atomic mass is 9.92. The summed E-state index contributed by atoms with van der Waals surface area (Å²) in [7, 11) is -3.73. The summed E-state index contributed by atoms with van der Waals surface area (Å²) in [6.45, 7) is 2.06. The van der Waals surface area contributed by atoms with Crippen molar-refractivity contribution in [3.8, 4) is 0 Å². The molecule has 0 aliphatic heterocycles. The lowest BCUT2D eigenvalue weighted by molar-refractivity contribution is -0.387. The number of hydrogen-bond acceptors (Lipinski definition) is 6. The molecule has 0 bridgehead atoms. The van der Waals surface area contributed by atoms with Crippen molar-refractivity contribution >= 4 is 21.2 Å². The Balaban J connectivity index is 2.13. The number of benzene rings is 2. The molecule has 7 nitrogen and oxygen atoms in total. The Labute approximate surface area is 146 Å². The SMILES string of the molecule is CC(O)(CCNc1ccc([N+](=O)[O-])c(S(C)(=O)=O)c1)c1ccccc1. The molecule has 25 heavy (non-hydrogen) atoms. The van der Waals surface area contributed by atoms with Crippen LogP contribution >= 0.6 is 0 Å². The molecule has 1 atom stereocenters. The molecule has 0 radical (unpaired) electrons. The molecule has 2 aromatic rings. The maximum Gasteiger partial charge on any atom is 0.288 e. The second-order valence-corrected chi connectivity index (χ2v) is 8.01. The molecule has 2 N–H and O–H groups in total. The van der Waals surface area contributed by atoms with E-state index in [-0.39, 0.29) is 4.90 Å². The third-order valence-corrected chi connectivity index (χ3v) is 5.02. The average molecular weight is 364 g/mol. The first-order valence-corrected chi connectivity index (χ1v) is 9.51. The largest absolute Gasteiger partial charge is 0.385 e. The molecule has 0 saturated carbocycles. The van der Waals surface area contributed by atoms with E-state index in [1.165, 1.54) is 12.1 Å². The monoisotopic (exact) mass is 364 g/mol. The van der Waals surface area contributed by atoms with Crippen molar-refractivity contribution in [1.29, 1.82) is 0 Å². The Kier molecular flexibility index (Phi) is 5.44. The maximum absolute atomic E-state index is 11.8. The lowest BCUT2D eigenvalue weighted by Gasteiger charge is -2.24. The number of sulfone groups is 1. The maximum atomic E-state index is 11.8. The first kappa shape index (κ1) is 18.9. The summed E-state index contributed by atoms with van der Waals surface area (Å²) in [5, 5.41) is 24.5. The van der Waals surface area contributed by atoms with E-state index in [4.69, 9.17) is 0 Å². The Hall–Kier alpha value is -2.45. The predicted octanol–water partition coefficient (Wildman–Crippen LogP) is 2.71. The van der Waals surface area contributed by atoms with Gasteiger partial charge in [-0.1, -0.05) is 30.3 Å². The van der Waals surface area contributed by atoms with Gasteiger partial charge in [0.1, 0.15) is 4.90 Å². The number of nitro benzene ring substituents is 1. The molecular formula is C17H20N2O5S. The van der Waals surface area contributed by atoms with Crippen molar-refractivity contribution in [3.05, 3.63) is 64.2 Å². The summed E-state index contributed by atoms with van der Waals surface area (Å²) in [6.07, 6.45) is 1.31. The zero-order chi connectivity index (χ0) is 18.7. The summed E-state index contributed by atoms with van der Waals surface area (Å²) < 4.78 is 23.5. The number of rotatable bonds is 7. The van der Waals surface area contributed by atoms with Crippen molar-refractivity contribution < 1.29 is 18.4 Å². The van der Waals surface area contributed by atoms with Crippen LogP contribution in [0.5, 0.6) is 0 Å². The van der Waals surface area contributed by atoms with Gasteiger partial charge in [0.2, 0.25) is 0 Å². The summed E-state index contributed by atoms with van der Waals surface area (Å²) in [5.41, 5.74) is -0.286. The van der Waals surface area contributed by atoms with Gasteiger partial charge >= 0.3 is 0 Å². The lowest BCUT2D eigenvalue weighted by Crippen LogP contribution is -2.24. The first-order valence-electron chi connectivity index (χ1n) is 7.61. The molecule has 8 heteroatoms. The van der Waals surface area contributed by atoms with Crippen LogP contribution < -0.4 is 5.32 Å². The minimum Gasteiger partial charge on any atom is -0.385 e. The quantitative estimate of drug-likeness (QED) is 0.577. The van der Waals surface area contributed by atoms with Crippen molar-refractivity contribution in [2.75, 3.05) is 18.1 Å². The van der Waals surface area contributed by atoms with E-state index < -0.39 is 26.0 Å². The highest BCUT2D eigenvalue weighted by molar-refractivity contribution is 7.90. The minimum absolute atomic E-state index is 0.336. The smallest absolute Gasteiger partial charge is 0.288 e. The molecule has 0 aliphatic rings. The van der Waals surface area contributed by atoms with Gasteiger partial charge < -0.3 is 10.4 Å². The van der Waals surface area contributed by atoms with Crippen molar-refractivity contribution in [3.63, 3.8) is 0 Å². The Morgan fingerprint density at radius 3 is 2.40 bits per heavy atom. The zero-order valence-electron chi connectivity index (χ0n) is 14.0. The van der Waals surface area contributed by atoms with Gasteiger partial charge in [-0.3, -0.25) is 10.1 Å². The molecule has 2 rings (SSSR count). The second kappa shape index (κ2) is 7.20. The molecule has 0 spiro atoms. The molecule has 0 aliphatic carbocycles. The van der Waals surface area contributed by atoms with Gasteiger partial charge in [0.05, 0.1) is 10.5 Å². The van der Waals surface area contributed by atoms with Crippen LogP contribution in [0.4, 0.5) is 11.4 Å². The van der Waals surface area contributed by atoms with E-state index >= 15 is 0 Å². The van der Waals surface area contributed by atoms with Crippen LogP contribution in [-0.2, 0) is 15.4 Å². The third-order valence-electron chi connectivity index (χ3n) is 3.89. The molecule has 0 fully saturated rings. The van der Waals surface area contributed by atoms with Crippen LogP contribution in [0, 0.1) is 10.1 Å². The van der Waals surface area contributed by atoms with Crippen LogP contribution in [-0.4, -0.2) is 31.2 Å². The molecular weight excluding hydrogens is 344 g/mol. The standard InChI is InChI=1S/C17H20N2O5S/c1-17(20,13-6-4-3-5-7-13)10-11-18-14-8-9-15(19(21)22)16(12-14)25(2,23)24/h3-9,12,18,20H,10-11H2,1-2H3. The summed E-state index contributed by atoms with van der Waals surface area (Å²) in [5.74, 6) is 0. The highest BCUT2D eigenvalue weighted by atomic mass is 32.2. The Bertz CT molecular complexity index is 864. The fourth-order valence-corrected chi connectivity index (χ4v) is 3.33. The summed E-state index contributed by atoms with van der Waals surface area (Å²) in [6, 6.07) is 13.0. The fraction of sp³-hybridized carbons (Fsp3) is 0.294. The number of nitro groups is 1. The topological polar surface area (TPSA) is 110 Å². The highest BCUT2D eigenvalue weighted by Gasteiger charge is 2.24. The minimum atomic E-state index is -3.73. The van der Waals surface area contributed by atoms with Gasteiger partial charge in [0.15, 0.2) is 9.84 Å². The molecule has 134 valence electrons. The molecule has 0 heterocycles. The number of anilines is 1. The van der Waals surface area contributed by atoms with E-state index in [9.17, 15) is 23.6 Å². The zero-order valence-corrected chi connectivity index (χ0v) is 14.8. The predicted molar refractivity (Wildman–Crippen MR) is 95.3 cm³/mol. The first-order chi connectivity index (χ1) is 11.6. The van der Waals surface area contributed by atoms with E-state index in [1.807, 2.05) is 30.3 Å². The summed E-state index contributed by atoms with van der Waals surface area (Å²) in [4.78, 5) is 9.91. The molecule has 0 saturated heterocycles. The van der Waals surface area contributed by atoms with E-state index in [0.717, 1.165) is 17.9 Å². The highest BCUT2D eigenvalue weighted by Crippen LogP contribution is 2.28. The normalized spacial score (nSPS) is 13.9. The van der Waals surface area contributed by atoms with Crippen molar-refractivity contribution in [2.24, 2.45) is 0 Å². The fourth-order valence-electron chi connectivity index (χ4n) is 2.46. The van der Waals surface area contributed by atoms with E-state index in [1.54, 1.807) is 6.92 Å². The van der Waals surface area contributed by atoms with Gasteiger partial charge in [-0.25, -0.2) is 8.42 Å². The number of nitrogens with zero attached hydrogens (tertiary/aromatic N) is 1. The number of aliphatic hydroxyl groups is 1. The molecule has 1 unspecified atom stereocenters. The molecule has 0 aromatic heterocycles. The van der Waals surface area contributed by atoms with Gasteiger partial charge in [0.25, 0.3) is 5.69 Å². The van der Waals surface area contributed by atoms with E-state index in [0.29, 0.717) is 18.7 Å².